The summed E-state index contributed by atoms with van der Waals surface area (Å²) in [7, 11) is 6.42. The van der Waals surface area contributed by atoms with Crippen molar-refractivity contribution in [2.75, 3.05) is 28.4 Å². The van der Waals surface area contributed by atoms with Gasteiger partial charge in [0.25, 0.3) is 0 Å². The molecule has 0 radical (unpaired) electrons. The van der Waals surface area contributed by atoms with Crippen LogP contribution >= 0.6 is 22.6 Å². The van der Waals surface area contributed by atoms with Crippen LogP contribution in [-0.2, 0) is 4.43 Å². The molecule has 0 aliphatic heterocycles. The van der Waals surface area contributed by atoms with E-state index in [0.717, 1.165) is 9.99 Å². The van der Waals surface area contributed by atoms with E-state index in [9.17, 15) is 0 Å². The van der Waals surface area contributed by atoms with Crippen LogP contribution in [0.2, 0.25) is 0 Å². The fraction of sp³-hybridized carbons (Fsp3) is 0.455. The quantitative estimate of drug-likeness (QED) is 0.611. The van der Waals surface area contributed by atoms with Crippen molar-refractivity contribution in [2.45, 2.75) is 4.43 Å². The van der Waals surface area contributed by atoms with Gasteiger partial charge < -0.3 is 18.9 Å². The lowest BCUT2D eigenvalue weighted by molar-refractivity contribution is 0.325. The van der Waals surface area contributed by atoms with Crippen molar-refractivity contribution in [1.82, 2.24) is 0 Å². The number of hydrogen-bond acceptors (Lipinski definition) is 4. The Morgan fingerprint density at radius 1 is 0.875 bits per heavy atom. The summed E-state index contributed by atoms with van der Waals surface area (Å²) in [6.07, 6.45) is 0. The fourth-order valence-corrected chi connectivity index (χ4v) is 2.22. The molecule has 0 N–H and O–H groups in total. The number of hydrogen-bond donors (Lipinski definition) is 0. The molecule has 0 atom stereocenters. The first-order valence-electron chi connectivity index (χ1n) is 4.65. The van der Waals surface area contributed by atoms with Crippen LogP contribution in [0.25, 0.3) is 0 Å². The molecule has 0 spiro atoms. The Hall–Kier alpha value is -0.850. The number of methoxy groups -OCH3 is 4. The van der Waals surface area contributed by atoms with Crippen LogP contribution in [0, 0.1) is 0 Å². The van der Waals surface area contributed by atoms with Gasteiger partial charge in [-0.2, -0.15) is 0 Å². The van der Waals surface area contributed by atoms with Crippen LogP contribution in [0.1, 0.15) is 5.56 Å². The third-order valence-electron chi connectivity index (χ3n) is 2.24. The summed E-state index contributed by atoms with van der Waals surface area (Å²) in [5.74, 6) is 2.67. The molecule has 0 saturated heterocycles. The molecule has 0 bridgehead atoms. The molecule has 0 unspecified atom stereocenters. The summed E-state index contributed by atoms with van der Waals surface area (Å²) in [5.41, 5.74) is 0.932. The summed E-state index contributed by atoms with van der Waals surface area (Å²) < 4.78 is 21.9. The Kier molecular flexibility index (Phi) is 4.98. The molecular formula is C11H15IO4. The number of ether oxygens (including phenoxy) is 4. The lowest BCUT2D eigenvalue weighted by atomic mass is 10.1. The van der Waals surface area contributed by atoms with Gasteiger partial charge in [0, 0.05) is 10.5 Å². The minimum absolute atomic E-state index is 0.645. The second-order valence-corrected chi connectivity index (χ2v) is 3.72. The molecule has 1 rings (SSSR count). The van der Waals surface area contributed by atoms with Crippen LogP contribution in [0.5, 0.6) is 23.0 Å². The van der Waals surface area contributed by atoms with Crippen LogP contribution in [0.3, 0.4) is 0 Å². The zero-order valence-electron chi connectivity index (χ0n) is 9.80. The van der Waals surface area contributed by atoms with E-state index >= 15 is 0 Å². The Balaban J connectivity index is 3.47. The summed E-state index contributed by atoms with van der Waals surface area (Å²) in [6, 6.07) is 1.76. The van der Waals surface area contributed by atoms with E-state index < -0.39 is 0 Å². The van der Waals surface area contributed by atoms with Crippen molar-refractivity contribution in [3.05, 3.63) is 11.6 Å². The first-order chi connectivity index (χ1) is 7.73. The highest BCUT2D eigenvalue weighted by Gasteiger charge is 2.19. The molecule has 5 heteroatoms. The highest BCUT2D eigenvalue weighted by molar-refractivity contribution is 14.1. The third kappa shape index (κ3) is 2.28. The first kappa shape index (κ1) is 13.2. The average molecular weight is 338 g/mol. The maximum atomic E-state index is 5.33. The molecule has 16 heavy (non-hydrogen) atoms. The van der Waals surface area contributed by atoms with Crippen LogP contribution in [0.4, 0.5) is 0 Å². The van der Waals surface area contributed by atoms with Gasteiger partial charge >= 0.3 is 0 Å². The zero-order chi connectivity index (χ0) is 12.1. The Morgan fingerprint density at radius 3 is 1.56 bits per heavy atom. The maximum Gasteiger partial charge on any atom is 0.168 e. The average Bonchev–Trinajstić information content (AvgIpc) is 2.35. The van der Waals surface area contributed by atoms with Gasteiger partial charge in [0.1, 0.15) is 0 Å². The van der Waals surface area contributed by atoms with Gasteiger partial charge in [0.05, 0.1) is 34.0 Å². The smallest absolute Gasteiger partial charge is 0.168 e. The maximum absolute atomic E-state index is 5.33. The predicted octanol–water partition coefficient (Wildman–Crippen LogP) is 2.66. The Morgan fingerprint density at radius 2 is 1.31 bits per heavy atom. The molecule has 0 fully saturated rings. The standard InChI is InChI=1S/C11H15IO4/c1-13-8-5-9(14-2)11(16-4)7(6-12)10(8)15-3/h5H,6H2,1-4H3. The topological polar surface area (TPSA) is 36.9 Å². The minimum Gasteiger partial charge on any atom is -0.493 e. The van der Waals surface area contributed by atoms with Gasteiger partial charge in [-0.15, -0.1) is 0 Å². The molecule has 0 saturated carbocycles. The van der Waals surface area contributed by atoms with E-state index in [2.05, 4.69) is 22.6 Å². The van der Waals surface area contributed by atoms with Gasteiger partial charge in [-0.3, -0.25) is 0 Å². The number of rotatable bonds is 5. The van der Waals surface area contributed by atoms with E-state index in [4.69, 9.17) is 18.9 Å². The highest BCUT2D eigenvalue weighted by atomic mass is 127. The van der Waals surface area contributed by atoms with Gasteiger partial charge in [0.15, 0.2) is 23.0 Å². The summed E-state index contributed by atoms with van der Waals surface area (Å²) in [6.45, 7) is 0. The van der Waals surface area contributed by atoms with Gasteiger partial charge in [0.2, 0.25) is 0 Å². The number of halogens is 1. The van der Waals surface area contributed by atoms with E-state index in [1.807, 2.05) is 0 Å². The molecule has 0 heterocycles. The molecule has 0 aromatic heterocycles. The highest BCUT2D eigenvalue weighted by Crippen LogP contribution is 2.45. The second-order valence-electron chi connectivity index (χ2n) is 2.96. The summed E-state index contributed by atoms with van der Waals surface area (Å²) in [5, 5.41) is 0. The van der Waals surface area contributed by atoms with E-state index in [1.54, 1.807) is 34.5 Å². The van der Waals surface area contributed by atoms with Gasteiger partial charge in [-0.05, 0) is 0 Å². The van der Waals surface area contributed by atoms with Crippen molar-refractivity contribution in [2.24, 2.45) is 0 Å². The van der Waals surface area contributed by atoms with Crippen molar-refractivity contribution in [3.8, 4) is 23.0 Å². The minimum atomic E-state index is 0.645. The van der Waals surface area contributed by atoms with Crippen LogP contribution in [0.15, 0.2) is 6.07 Å². The van der Waals surface area contributed by atoms with Crippen molar-refractivity contribution >= 4 is 22.6 Å². The molecule has 0 amide bonds. The van der Waals surface area contributed by atoms with Crippen molar-refractivity contribution < 1.29 is 18.9 Å². The lowest BCUT2D eigenvalue weighted by Crippen LogP contribution is -2.00. The third-order valence-corrected chi connectivity index (χ3v) is 3.00. The molecule has 90 valence electrons. The second kappa shape index (κ2) is 6.03. The molecular weight excluding hydrogens is 323 g/mol. The van der Waals surface area contributed by atoms with E-state index in [0.29, 0.717) is 23.0 Å². The van der Waals surface area contributed by atoms with Crippen LogP contribution in [-0.4, -0.2) is 28.4 Å². The lowest BCUT2D eigenvalue weighted by Gasteiger charge is -2.17. The molecule has 1 aromatic rings. The number of alkyl halides is 1. The number of benzene rings is 1. The van der Waals surface area contributed by atoms with E-state index in [-0.39, 0.29) is 0 Å². The molecule has 1 aromatic carbocycles. The molecule has 0 aliphatic rings. The van der Waals surface area contributed by atoms with Gasteiger partial charge in [-0.25, -0.2) is 0 Å². The largest absolute Gasteiger partial charge is 0.493 e. The Labute approximate surface area is 109 Å². The summed E-state index contributed by atoms with van der Waals surface area (Å²) in [4.78, 5) is 0. The first-order valence-corrected chi connectivity index (χ1v) is 6.17. The van der Waals surface area contributed by atoms with Crippen molar-refractivity contribution in [3.63, 3.8) is 0 Å². The fourth-order valence-electron chi connectivity index (χ4n) is 1.52. The predicted molar refractivity (Wildman–Crippen MR) is 70.4 cm³/mol. The molecule has 0 aliphatic carbocycles. The van der Waals surface area contributed by atoms with E-state index in [1.165, 1.54) is 0 Å². The Bertz CT molecular complexity index is 335. The normalized spacial score (nSPS) is 9.81. The van der Waals surface area contributed by atoms with Gasteiger partial charge in [-0.1, -0.05) is 22.6 Å². The monoisotopic (exact) mass is 338 g/mol. The molecule has 4 nitrogen and oxygen atoms in total. The SMILES string of the molecule is COc1cc(OC)c(OC)c(CI)c1OC. The zero-order valence-corrected chi connectivity index (χ0v) is 12.0. The summed E-state index contributed by atoms with van der Waals surface area (Å²) >= 11 is 2.25. The van der Waals surface area contributed by atoms with Crippen LogP contribution < -0.4 is 18.9 Å². The van der Waals surface area contributed by atoms with Crippen molar-refractivity contribution in [1.29, 1.82) is 0 Å².